The maximum absolute atomic E-state index is 12.0. The molecule has 0 radical (unpaired) electrons. The van der Waals surface area contributed by atoms with Gasteiger partial charge < -0.3 is 23.7 Å². The first-order valence-corrected chi connectivity index (χ1v) is 8.00. The van der Waals surface area contributed by atoms with E-state index in [4.69, 9.17) is 28.5 Å². The van der Waals surface area contributed by atoms with Gasteiger partial charge in [-0.3, -0.25) is 9.63 Å². The molecule has 0 unspecified atom stereocenters. The van der Waals surface area contributed by atoms with Gasteiger partial charge in [0.15, 0.2) is 12.1 Å². The van der Waals surface area contributed by atoms with Crippen LogP contribution in [-0.4, -0.2) is 74.3 Å². The van der Waals surface area contributed by atoms with Crippen molar-refractivity contribution >= 4 is 5.97 Å². The zero-order valence-corrected chi connectivity index (χ0v) is 13.8. The minimum Gasteiger partial charge on any atom is -0.459 e. The smallest absolute Gasteiger partial charge is 0.313 e. The molecule has 7 atom stereocenters. The number of fused-ring (bicyclic) bond motifs is 2. The van der Waals surface area contributed by atoms with Gasteiger partial charge in [-0.1, -0.05) is 0 Å². The number of esters is 1. The molecule has 0 aromatic heterocycles. The molecule has 4 aliphatic heterocycles. The van der Waals surface area contributed by atoms with Crippen LogP contribution in [0.4, 0.5) is 0 Å². The van der Waals surface area contributed by atoms with Crippen LogP contribution in [0.15, 0.2) is 0 Å². The van der Waals surface area contributed by atoms with Gasteiger partial charge in [0.2, 0.25) is 0 Å². The standard InChI is InChI=1S/C15H23NO7/c1-15(2)21-12-11(18-4)9(20-14(12)22-15)5-8-10-7(13(17)19-8)6-16(3)23-10/h7-12,14H,5-6H2,1-4H3/t7-,8-,9+,10+,11-,12+,14+/m0/s1. The van der Waals surface area contributed by atoms with Gasteiger partial charge in [0.05, 0.1) is 6.10 Å². The Hall–Kier alpha value is -0.770. The quantitative estimate of drug-likeness (QED) is 0.673. The zero-order chi connectivity index (χ0) is 16.4. The van der Waals surface area contributed by atoms with Gasteiger partial charge in [0.25, 0.3) is 0 Å². The Morgan fingerprint density at radius 3 is 2.78 bits per heavy atom. The van der Waals surface area contributed by atoms with Gasteiger partial charge in [-0.25, -0.2) is 0 Å². The molecule has 8 nitrogen and oxygen atoms in total. The molecule has 0 aromatic carbocycles. The van der Waals surface area contributed by atoms with Crippen molar-refractivity contribution in [1.29, 1.82) is 0 Å². The second-order valence-electron chi connectivity index (χ2n) is 7.04. The summed E-state index contributed by atoms with van der Waals surface area (Å²) in [5.74, 6) is -1.11. The Balaban J connectivity index is 1.45. The lowest BCUT2D eigenvalue weighted by Gasteiger charge is -2.27. The second-order valence-corrected chi connectivity index (χ2v) is 7.04. The summed E-state index contributed by atoms with van der Waals surface area (Å²) in [7, 11) is 3.45. The first-order chi connectivity index (χ1) is 10.9. The summed E-state index contributed by atoms with van der Waals surface area (Å²) in [6.45, 7) is 4.26. The van der Waals surface area contributed by atoms with Crippen LogP contribution >= 0.6 is 0 Å². The summed E-state index contributed by atoms with van der Waals surface area (Å²) in [6, 6.07) is 0. The number of carbonyl (C=O) groups is 1. The lowest BCUT2D eigenvalue weighted by atomic mass is 9.96. The van der Waals surface area contributed by atoms with E-state index in [1.165, 1.54) is 0 Å². The van der Waals surface area contributed by atoms with Crippen LogP contribution in [0.25, 0.3) is 0 Å². The number of cyclic esters (lactones) is 1. The third-order valence-corrected chi connectivity index (χ3v) is 4.91. The molecule has 0 amide bonds. The monoisotopic (exact) mass is 329 g/mol. The van der Waals surface area contributed by atoms with Crippen LogP contribution in [0.5, 0.6) is 0 Å². The minimum absolute atomic E-state index is 0.204. The molecule has 4 heterocycles. The average molecular weight is 329 g/mol. The van der Waals surface area contributed by atoms with Crippen molar-refractivity contribution in [2.75, 3.05) is 20.7 Å². The molecule has 0 spiro atoms. The number of ether oxygens (including phenoxy) is 5. The van der Waals surface area contributed by atoms with E-state index in [1.54, 1.807) is 12.2 Å². The summed E-state index contributed by atoms with van der Waals surface area (Å²) in [4.78, 5) is 17.7. The molecule has 0 saturated carbocycles. The van der Waals surface area contributed by atoms with Crippen molar-refractivity contribution in [3.8, 4) is 0 Å². The Bertz CT molecular complexity index is 498. The van der Waals surface area contributed by atoms with Gasteiger partial charge in [-0.15, -0.1) is 0 Å². The number of methoxy groups -OCH3 is 1. The van der Waals surface area contributed by atoms with Crippen molar-refractivity contribution < 1.29 is 33.3 Å². The third-order valence-electron chi connectivity index (χ3n) is 4.91. The van der Waals surface area contributed by atoms with Crippen molar-refractivity contribution in [2.24, 2.45) is 5.92 Å². The molecule has 0 N–H and O–H groups in total. The average Bonchev–Trinajstić information content (AvgIpc) is 3.12. The number of hydrogen-bond donors (Lipinski definition) is 0. The molecular formula is C15H23NO7. The molecule has 0 aliphatic carbocycles. The molecule has 0 aromatic rings. The summed E-state index contributed by atoms with van der Waals surface area (Å²) >= 11 is 0. The van der Waals surface area contributed by atoms with Crippen molar-refractivity contribution in [3.63, 3.8) is 0 Å². The molecule has 130 valence electrons. The first kappa shape index (κ1) is 15.7. The van der Waals surface area contributed by atoms with Crippen LogP contribution in [-0.2, 0) is 33.3 Å². The van der Waals surface area contributed by atoms with Gasteiger partial charge in [0, 0.05) is 27.1 Å². The fourth-order valence-corrected chi connectivity index (χ4v) is 3.98. The van der Waals surface area contributed by atoms with E-state index < -0.39 is 12.1 Å². The summed E-state index contributed by atoms with van der Waals surface area (Å²) in [5.41, 5.74) is 0. The fraction of sp³-hybridized carbons (Fsp3) is 0.933. The van der Waals surface area contributed by atoms with Gasteiger partial charge in [-0.2, -0.15) is 5.06 Å². The Morgan fingerprint density at radius 1 is 1.26 bits per heavy atom. The van der Waals surface area contributed by atoms with E-state index in [-0.39, 0.29) is 42.4 Å². The highest BCUT2D eigenvalue weighted by molar-refractivity contribution is 5.76. The summed E-state index contributed by atoms with van der Waals surface area (Å²) in [6.07, 6.45) is -1.37. The van der Waals surface area contributed by atoms with E-state index in [1.807, 2.05) is 20.9 Å². The van der Waals surface area contributed by atoms with Crippen LogP contribution in [0.3, 0.4) is 0 Å². The van der Waals surface area contributed by atoms with E-state index in [0.717, 1.165) is 0 Å². The number of hydroxylamine groups is 2. The molecule has 8 heteroatoms. The third kappa shape index (κ3) is 2.57. The zero-order valence-electron chi connectivity index (χ0n) is 13.8. The predicted molar refractivity (Wildman–Crippen MR) is 75.0 cm³/mol. The van der Waals surface area contributed by atoms with Crippen LogP contribution in [0, 0.1) is 5.92 Å². The maximum Gasteiger partial charge on any atom is 0.313 e. The lowest BCUT2D eigenvalue weighted by Crippen LogP contribution is -2.39. The second kappa shape index (κ2) is 5.37. The normalized spacial score (nSPS) is 48.5. The van der Waals surface area contributed by atoms with E-state index in [2.05, 4.69) is 0 Å². The van der Waals surface area contributed by atoms with Crippen LogP contribution in [0.1, 0.15) is 20.3 Å². The molecule has 23 heavy (non-hydrogen) atoms. The Morgan fingerprint density at radius 2 is 2.04 bits per heavy atom. The SMILES string of the molecule is CO[C@@H]1[C@H]2OC(C)(C)O[C@H]2O[C@@H]1C[C@@H]1OC(=O)[C@H]2CN(C)O[C@@H]12. The van der Waals surface area contributed by atoms with E-state index >= 15 is 0 Å². The number of carbonyl (C=O) groups excluding carboxylic acids is 1. The predicted octanol–water partition coefficient (Wildman–Crippen LogP) is 0.0551. The summed E-state index contributed by atoms with van der Waals surface area (Å²) in [5, 5.41) is 1.69. The van der Waals surface area contributed by atoms with Crippen LogP contribution in [0.2, 0.25) is 0 Å². The maximum atomic E-state index is 12.0. The minimum atomic E-state index is -0.681. The molecule has 4 rings (SSSR count). The highest BCUT2D eigenvalue weighted by Gasteiger charge is 2.58. The highest BCUT2D eigenvalue weighted by Crippen LogP contribution is 2.42. The fourth-order valence-electron chi connectivity index (χ4n) is 3.98. The number of hydrogen-bond acceptors (Lipinski definition) is 8. The number of rotatable bonds is 3. The highest BCUT2D eigenvalue weighted by atomic mass is 16.8. The van der Waals surface area contributed by atoms with Crippen molar-refractivity contribution in [1.82, 2.24) is 5.06 Å². The molecule has 0 bridgehead atoms. The van der Waals surface area contributed by atoms with Crippen LogP contribution < -0.4 is 0 Å². The topological polar surface area (TPSA) is 75.7 Å². The Kier molecular flexibility index (Phi) is 3.67. The molecule has 4 aliphatic rings. The van der Waals surface area contributed by atoms with Gasteiger partial charge in [0.1, 0.15) is 30.3 Å². The van der Waals surface area contributed by atoms with Gasteiger partial charge >= 0.3 is 5.97 Å². The van der Waals surface area contributed by atoms with Gasteiger partial charge in [-0.05, 0) is 13.8 Å². The molecule has 4 saturated heterocycles. The van der Waals surface area contributed by atoms with Crippen molar-refractivity contribution in [2.45, 2.75) is 62.9 Å². The van der Waals surface area contributed by atoms with E-state index in [0.29, 0.717) is 13.0 Å². The lowest BCUT2D eigenvalue weighted by molar-refractivity contribution is -0.222. The largest absolute Gasteiger partial charge is 0.459 e. The Labute approximate surface area is 134 Å². The number of nitrogens with zero attached hydrogens (tertiary/aromatic N) is 1. The van der Waals surface area contributed by atoms with Crippen molar-refractivity contribution in [3.05, 3.63) is 0 Å². The first-order valence-electron chi connectivity index (χ1n) is 8.00. The molecular weight excluding hydrogens is 306 g/mol. The van der Waals surface area contributed by atoms with E-state index in [9.17, 15) is 4.79 Å². The summed E-state index contributed by atoms with van der Waals surface area (Å²) < 4.78 is 28.7. The molecule has 4 fully saturated rings.